The van der Waals surface area contributed by atoms with E-state index >= 15 is 0 Å². The van der Waals surface area contributed by atoms with Gasteiger partial charge in [-0.15, -0.1) is 0 Å². The van der Waals surface area contributed by atoms with Crippen molar-refractivity contribution < 1.29 is 14.5 Å². The number of hydrogen-bond donors (Lipinski definition) is 1. The van der Waals surface area contributed by atoms with Gasteiger partial charge in [0.15, 0.2) is 0 Å². The zero-order valence-electron chi connectivity index (χ0n) is 14.6. The third-order valence-corrected chi connectivity index (χ3v) is 4.51. The molecule has 1 aliphatic heterocycles. The summed E-state index contributed by atoms with van der Waals surface area (Å²) in [6, 6.07) is 9.83. The molecule has 7 nitrogen and oxygen atoms in total. The molecule has 2 aromatic carbocycles. The number of amides is 2. The minimum absolute atomic E-state index is 0.0383. The monoisotopic (exact) mass is 353 g/mol. The van der Waals surface area contributed by atoms with E-state index in [4.69, 9.17) is 0 Å². The average molecular weight is 353 g/mol. The fourth-order valence-corrected chi connectivity index (χ4v) is 3.13. The maximum Gasteiger partial charge on any atom is 0.273 e. The SMILES string of the molecule is CC(=O)N1CCCc2ccc(NC(=O)c3ccc(C)c([N+](=O)[O-])c3)cc21. The van der Waals surface area contributed by atoms with Crippen molar-refractivity contribution in [2.24, 2.45) is 0 Å². The summed E-state index contributed by atoms with van der Waals surface area (Å²) < 4.78 is 0. The Morgan fingerprint density at radius 2 is 1.96 bits per heavy atom. The Kier molecular flexibility index (Phi) is 4.71. The number of nitro groups is 1. The molecule has 134 valence electrons. The Labute approximate surface area is 150 Å². The van der Waals surface area contributed by atoms with Gasteiger partial charge in [-0.1, -0.05) is 12.1 Å². The first-order valence-corrected chi connectivity index (χ1v) is 8.34. The number of carbonyl (C=O) groups is 2. The standard InChI is InChI=1S/C19H19N3O4/c1-12-5-6-15(10-17(12)22(25)26)19(24)20-16-8-7-14-4-3-9-21(13(2)23)18(14)11-16/h5-8,10-11H,3-4,9H2,1-2H3,(H,20,24). The van der Waals surface area contributed by atoms with Gasteiger partial charge < -0.3 is 10.2 Å². The molecule has 3 rings (SSSR count). The first-order chi connectivity index (χ1) is 12.4. The molecule has 0 saturated carbocycles. The molecule has 26 heavy (non-hydrogen) atoms. The van der Waals surface area contributed by atoms with Gasteiger partial charge in [-0.25, -0.2) is 0 Å². The van der Waals surface area contributed by atoms with Gasteiger partial charge in [0.2, 0.25) is 5.91 Å². The van der Waals surface area contributed by atoms with Crippen molar-refractivity contribution in [1.29, 1.82) is 0 Å². The molecule has 0 fully saturated rings. The molecule has 0 saturated heterocycles. The van der Waals surface area contributed by atoms with Gasteiger partial charge in [0, 0.05) is 42.0 Å². The van der Waals surface area contributed by atoms with Gasteiger partial charge >= 0.3 is 0 Å². The largest absolute Gasteiger partial charge is 0.322 e. The van der Waals surface area contributed by atoms with Crippen LogP contribution in [0.3, 0.4) is 0 Å². The summed E-state index contributed by atoms with van der Waals surface area (Å²) in [6.07, 6.45) is 1.79. The molecule has 0 spiro atoms. The summed E-state index contributed by atoms with van der Waals surface area (Å²) in [6.45, 7) is 3.80. The number of anilines is 2. The minimum Gasteiger partial charge on any atom is -0.322 e. The fraction of sp³-hybridized carbons (Fsp3) is 0.263. The van der Waals surface area contributed by atoms with Crippen LogP contribution in [0.5, 0.6) is 0 Å². The van der Waals surface area contributed by atoms with E-state index in [1.54, 1.807) is 36.1 Å². The van der Waals surface area contributed by atoms with Crippen LogP contribution in [0, 0.1) is 17.0 Å². The Balaban J connectivity index is 1.87. The quantitative estimate of drug-likeness (QED) is 0.675. The molecule has 0 atom stereocenters. The van der Waals surface area contributed by atoms with Crippen LogP contribution >= 0.6 is 0 Å². The van der Waals surface area contributed by atoms with E-state index in [1.165, 1.54) is 13.0 Å². The molecular weight excluding hydrogens is 334 g/mol. The lowest BCUT2D eigenvalue weighted by Crippen LogP contribution is -2.33. The third kappa shape index (κ3) is 3.42. The van der Waals surface area contributed by atoms with Gasteiger partial charge in [0.05, 0.1) is 4.92 Å². The number of nitro benzene ring substituents is 1. The highest BCUT2D eigenvalue weighted by molar-refractivity contribution is 6.05. The normalized spacial score (nSPS) is 13.1. The van der Waals surface area contributed by atoms with Crippen molar-refractivity contribution in [3.05, 3.63) is 63.2 Å². The molecule has 0 bridgehead atoms. The number of fused-ring (bicyclic) bond motifs is 1. The maximum absolute atomic E-state index is 12.5. The molecule has 1 heterocycles. The smallest absolute Gasteiger partial charge is 0.273 e. The fourth-order valence-electron chi connectivity index (χ4n) is 3.13. The summed E-state index contributed by atoms with van der Waals surface area (Å²) >= 11 is 0. The van der Waals surface area contributed by atoms with Crippen molar-refractivity contribution in [1.82, 2.24) is 0 Å². The van der Waals surface area contributed by atoms with E-state index in [-0.39, 0.29) is 17.2 Å². The van der Waals surface area contributed by atoms with Gasteiger partial charge in [-0.2, -0.15) is 0 Å². The Bertz CT molecular complexity index is 908. The van der Waals surface area contributed by atoms with E-state index < -0.39 is 10.8 Å². The van der Waals surface area contributed by atoms with Crippen LogP contribution in [0.1, 0.15) is 34.8 Å². The minimum atomic E-state index is -0.504. The molecule has 0 radical (unpaired) electrons. The summed E-state index contributed by atoms with van der Waals surface area (Å²) in [5, 5.41) is 13.8. The maximum atomic E-state index is 12.5. The lowest BCUT2D eigenvalue weighted by atomic mass is 10.0. The van der Waals surface area contributed by atoms with Crippen LogP contribution in [0.2, 0.25) is 0 Å². The van der Waals surface area contributed by atoms with Crippen molar-refractivity contribution in [2.45, 2.75) is 26.7 Å². The number of aryl methyl sites for hydroxylation is 2. The predicted octanol–water partition coefficient (Wildman–Crippen LogP) is 3.45. The highest BCUT2D eigenvalue weighted by Gasteiger charge is 2.21. The molecule has 0 unspecified atom stereocenters. The molecule has 2 amide bonds. The Hall–Kier alpha value is -3.22. The second-order valence-electron chi connectivity index (χ2n) is 6.33. The van der Waals surface area contributed by atoms with E-state index in [9.17, 15) is 19.7 Å². The van der Waals surface area contributed by atoms with Crippen LogP contribution in [0.15, 0.2) is 36.4 Å². The second-order valence-corrected chi connectivity index (χ2v) is 6.33. The number of hydrogen-bond acceptors (Lipinski definition) is 4. The zero-order chi connectivity index (χ0) is 18.8. The van der Waals surface area contributed by atoms with Gasteiger partial charge in [-0.05, 0) is 43.5 Å². The number of nitrogens with one attached hydrogen (secondary N) is 1. The third-order valence-electron chi connectivity index (χ3n) is 4.51. The molecule has 0 aromatic heterocycles. The van der Waals surface area contributed by atoms with Crippen molar-refractivity contribution in [3.63, 3.8) is 0 Å². The number of rotatable bonds is 3. The van der Waals surface area contributed by atoms with E-state index in [1.807, 2.05) is 6.07 Å². The predicted molar refractivity (Wildman–Crippen MR) is 98.6 cm³/mol. The summed E-state index contributed by atoms with van der Waals surface area (Å²) in [5.74, 6) is -0.471. The van der Waals surface area contributed by atoms with Gasteiger partial charge in [0.25, 0.3) is 11.6 Å². The molecule has 2 aromatic rings. The van der Waals surface area contributed by atoms with E-state index in [0.29, 0.717) is 17.8 Å². The molecule has 1 aliphatic rings. The van der Waals surface area contributed by atoms with E-state index in [2.05, 4.69) is 5.32 Å². The number of carbonyl (C=O) groups excluding carboxylic acids is 2. The summed E-state index contributed by atoms with van der Waals surface area (Å²) in [5.41, 5.74) is 3.03. The lowest BCUT2D eigenvalue weighted by molar-refractivity contribution is -0.385. The van der Waals surface area contributed by atoms with Gasteiger partial charge in [0.1, 0.15) is 0 Å². The highest BCUT2D eigenvalue weighted by Crippen LogP contribution is 2.30. The Morgan fingerprint density at radius 3 is 2.65 bits per heavy atom. The molecular formula is C19H19N3O4. The highest BCUT2D eigenvalue weighted by atomic mass is 16.6. The molecule has 0 aliphatic carbocycles. The number of nitrogens with zero attached hydrogens (tertiary/aromatic N) is 2. The van der Waals surface area contributed by atoms with Crippen LogP contribution in [-0.2, 0) is 11.2 Å². The first kappa shape index (κ1) is 17.6. The van der Waals surface area contributed by atoms with Crippen LogP contribution < -0.4 is 10.2 Å². The van der Waals surface area contributed by atoms with Crippen molar-refractivity contribution >= 4 is 28.9 Å². The van der Waals surface area contributed by atoms with Crippen molar-refractivity contribution in [2.75, 3.05) is 16.8 Å². The van der Waals surface area contributed by atoms with Crippen molar-refractivity contribution in [3.8, 4) is 0 Å². The van der Waals surface area contributed by atoms with Crippen LogP contribution in [-0.4, -0.2) is 23.3 Å². The molecule has 1 N–H and O–H groups in total. The average Bonchev–Trinajstić information content (AvgIpc) is 2.61. The summed E-state index contributed by atoms with van der Waals surface area (Å²) in [4.78, 5) is 36.5. The summed E-state index contributed by atoms with van der Waals surface area (Å²) in [7, 11) is 0. The lowest BCUT2D eigenvalue weighted by Gasteiger charge is -2.29. The Morgan fingerprint density at radius 1 is 1.19 bits per heavy atom. The molecule has 7 heteroatoms. The first-order valence-electron chi connectivity index (χ1n) is 8.34. The second kappa shape index (κ2) is 6.95. The van der Waals surface area contributed by atoms with Crippen LogP contribution in [0.4, 0.5) is 17.1 Å². The van der Waals surface area contributed by atoms with E-state index in [0.717, 1.165) is 24.1 Å². The number of benzene rings is 2. The zero-order valence-corrected chi connectivity index (χ0v) is 14.6. The van der Waals surface area contributed by atoms with Gasteiger partial charge in [-0.3, -0.25) is 19.7 Å². The van der Waals surface area contributed by atoms with Crippen LogP contribution in [0.25, 0.3) is 0 Å². The topological polar surface area (TPSA) is 92.6 Å².